The van der Waals surface area contributed by atoms with Gasteiger partial charge in [0, 0.05) is 30.5 Å². The van der Waals surface area contributed by atoms with Gasteiger partial charge in [-0.15, -0.1) is 0 Å². The molecule has 0 spiro atoms. The Morgan fingerprint density at radius 2 is 1.84 bits per heavy atom. The van der Waals surface area contributed by atoms with Crippen LogP contribution in [0, 0.1) is 13.8 Å². The van der Waals surface area contributed by atoms with E-state index in [2.05, 4.69) is 42.8 Å². The van der Waals surface area contributed by atoms with Crippen molar-refractivity contribution in [2.75, 3.05) is 18.4 Å². The van der Waals surface area contributed by atoms with Crippen molar-refractivity contribution in [1.82, 2.24) is 10.6 Å². The van der Waals surface area contributed by atoms with Crippen LogP contribution in [0.1, 0.15) is 52.4 Å². The van der Waals surface area contributed by atoms with Gasteiger partial charge >= 0.3 is 0 Å². The number of rotatable bonds is 8. The average Bonchev–Trinajstić information content (AvgIpc) is 2.72. The van der Waals surface area contributed by atoms with E-state index in [-0.39, 0.29) is 11.9 Å². The molecule has 1 amide bonds. The Bertz CT molecular complexity index is 1070. The molecule has 1 aliphatic heterocycles. The number of hydrogen-bond acceptors (Lipinski definition) is 5. The van der Waals surface area contributed by atoms with Crippen LogP contribution in [0.25, 0.3) is 5.57 Å². The van der Waals surface area contributed by atoms with E-state index in [0.29, 0.717) is 22.8 Å². The van der Waals surface area contributed by atoms with Gasteiger partial charge in [-0.05, 0) is 77.9 Å². The summed E-state index contributed by atoms with van der Waals surface area (Å²) in [4.78, 5) is 24.5. The van der Waals surface area contributed by atoms with Crippen molar-refractivity contribution in [3.8, 4) is 0 Å². The number of carbonyl (C=O) groups excluding carboxylic acids is 2. The molecule has 168 valence electrons. The first-order valence-electron chi connectivity index (χ1n) is 10.9. The zero-order chi connectivity index (χ0) is 23.3. The molecule has 0 aromatic heterocycles. The van der Waals surface area contributed by atoms with Crippen molar-refractivity contribution in [3.05, 3.63) is 82.2 Å². The second-order valence-corrected chi connectivity index (χ2v) is 8.61. The lowest BCUT2D eigenvalue weighted by Crippen LogP contribution is -2.55. The molecule has 2 aromatic carbocycles. The summed E-state index contributed by atoms with van der Waals surface area (Å²) in [6.45, 7) is 9.93. The first-order valence-corrected chi connectivity index (χ1v) is 10.9. The van der Waals surface area contributed by atoms with Gasteiger partial charge in [0.25, 0.3) is 5.91 Å². The van der Waals surface area contributed by atoms with Crippen molar-refractivity contribution in [1.29, 1.82) is 0 Å². The number of aldehydes is 1. The maximum atomic E-state index is 13.0. The first-order chi connectivity index (χ1) is 15.3. The van der Waals surface area contributed by atoms with E-state index in [1.54, 1.807) is 12.1 Å². The number of allylic oxidation sites excluding steroid dienone is 3. The van der Waals surface area contributed by atoms with Gasteiger partial charge in [-0.3, -0.25) is 9.59 Å². The molecule has 6 heteroatoms. The molecule has 0 atom stereocenters. The Kier molecular flexibility index (Phi) is 7.49. The molecule has 0 unspecified atom stereocenters. The average molecular weight is 433 g/mol. The van der Waals surface area contributed by atoms with Crippen LogP contribution in [0.5, 0.6) is 0 Å². The SMILES string of the molecule is Cc1cc(C(=O)Nc2ccc(C(C)C)c(C)c2)cc(C(/C=C(\C=O)NC2CNC2)=C/N)c1. The fourth-order valence-electron chi connectivity index (χ4n) is 3.82. The predicted molar refractivity (Wildman–Crippen MR) is 131 cm³/mol. The largest absolute Gasteiger partial charge is 0.404 e. The minimum absolute atomic E-state index is 0.193. The maximum Gasteiger partial charge on any atom is 0.255 e. The fourth-order valence-corrected chi connectivity index (χ4v) is 3.82. The minimum atomic E-state index is -0.193. The topological polar surface area (TPSA) is 96.2 Å². The molecule has 1 fully saturated rings. The highest BCUT2D eigenvalue weighted by atomic mass is 16.1. The van der Waals surface area contributed by atoms with Crippen LogP contribution in [-0.4, -0.2) is 31.3 Å². The summed E-state index contributed by atoms with van der Waals surface area (Å²) >= 11 is 0. The number of amides is 1. The zero-order valence-electron chi connectivity index (χ0n) is 19.2. The van der Waals surface area contributed by atoms with Crippen molar-refractivity contribution in [3.63, 3.8) is 0 Å². The molecular formula is C26H32N4O2. The van der Waals surface area contributed by atoms with E-state index in [0.717, 1.165) is 41.8 Å². The molecule has 3 rings (SSSR count). The molecule has 5 N–H and O–H groups in total. The van der Waals surface area contributed by atoms with Gasteiger partial charge in [0.15, 0.2) is 6.29 Å². The number of anilines is 1. The molecule has 6 nitrogen and oxygen atoms in total. The second kappa shape index (κ2) is 10.3. The lowest BCUT2D eigenvalue weighted by Gasteiger charge is -2.28. The quantitative estimate of drug-likeness (QED) is 0.290. The van der Waals surface area contributed by atoms with Crippen molar-refractivity contribution >= 4 is 23.5 Å². The molecule has 0 aliphatic carbocycles. The smallest absolute Gasteiger partial charge is 0.255 e. The molecule has 2 aromatic rings. The van der Waals surface area contributed by atoms with Gasteiger partial charge < -0.3 is 21.7 Å². The van der Waals surface area contributed by atoms with Gasteiger partial charge in [0.2, 0.25) is 0 Å². The third kappa shape index (κ3) is 5.65. The number of nitrogens with one attached hydrogen (secondary N) is 3. The van der Waals surface area contributed by atoms with E-state index in [4.69, 9.17) is 5.73 Å². The molecule has 0 bridgehead atoms. The third-order valence-corrected chi connectivity index (χ3v) is 5.59. The van der Waals surface area contributed by atoms with Crippen LogP contribution in [0.15, 0.2) is 54.4 Å². The number of aryl methyl sites for hydroxylation is 2. The van der Waals surface area contributed by atoms with E-state index in [1.807, 2.05) is 31.2 Å². The van der Waals surface area contributed by atoms with Crippen molar-refractivity contribution < 1.29 is 9.59 Å². The molecule has 1 aliphatic rings. The summed E-state index contributed by atoms with van der Waals surface area (Å²) in [5, 5.41) is 9.34. The van der Waals surface area contributed by atoms with Crippen molar-refractivity contribution in [2.45, 2.75) is 39.7 Å². The van der Waals surface area contributed by atoms with Crippen molar-refractivity contribution in [2.24, 2.45) is 5.73 Å². The van der Waals surface area contributed by atoms with Gasteiger partial charge in [0.05, 0.1) is 11.7 Å². The Labute approximate surface area is 190 Å². The van der Waals surface area contributed by atoms with Gasteiger partial charge in [-0.2, -0.15) is 0 Å². The van der Waals surface area contributed by atoms with E-state index >= 15 is 0 Å². The van der Waals surface area contributed by atoms with Crippen LogP contribution in [0.3, 0.4) is 0 Å². The Balaban J connectivity index is 1.83. The zero-order valence-corrected chi connectivity index (χ0v) is 19.2. The van der Waals surface area contributed by atoms with Crippen LogP contribution >= 0.6 is 0 Å². The third-order valence-electron chi connectivity index (χ3n) is 5.59. The van der Waals surface area contributed by atoms with Gasteiger partial charge in [0.1, 0.15) is 0 Å². The Hall–Kier alpha value is -3.38. The summed E-state index contributed by atoms with van der Waals surface area (Å²) < 4.78 is 0. The van der Waals surface area contributed by atoms with Gasteiger partial charge in [-0.25, -0.2) is 0 Å². The Morgan fingerprint density at radius 3 is 2.41 bits per heavy atom. The predicted octanol–water partition coefficient (Wildman–Crippen LogP) is 3.62. The lowest BCUT2D eigenvalue weighted by atomic mass is 9.97. The second-order valence-electron chi connectivity index (χ2n) is 8.61. The minimum Gasteiger partial charge on any atom is -0.404 e. The maximum absolute atomic E-state index is 13.0. The van der Waals surface area contributed by atoms with Crippen LogP contribution in [-0.2, 0) is 4.79 Å². The van der Waals surface area contributed by atoms with Crippen LogP contribution < -0.4 is 21.7 Å². The number of hydrogen-bond donors (Lipinski definition) is 4. The van der Waals surface area contributed by atoms with Crippen LogP contribution in [0.4, 0.5) is 5.69 Å². The standard InChI is InChI=1S/C26H32N4O2/c1-16(2)25-6-5-22(9-18(25)4)30-26(32)20-8-17(3)7-19(10-20)21(12-27)11-23(15-31)29-24-13-28-14-24/h5-12,15-16,24,28-29H,13-14,27H2,1-4H3,(H,30,32)/b21-12+,23-11+. The lowest BCUT2D eigenvalue weighted by molar-refractivity contribution is -0.105. The summed E-state index contributed by atoms with van der Waals surface area (Å²) in [5.41, 5.74) is 12.4. The highest BCUT2D eigenvalue weighted by molar-refractivity contribution is 6.05. The molecule has 1 heterocycles. The summed E-state index contributed by atoms with van der Waals surface area (Å²) in [6.07, 6.45) is 3.96. The molecule has 0 radical (unpaired) electrons. The normalized spacial score (nSPS) is 14.8. The number of carbonyl (C=O) groups is 2. The molecular weight excluding hydrogens is 400 g/mol. The highest BCUT2D eigenvalue weighted by Gasteiger charge is 2.17. The summed E-state index contributed by atoms with van der Waals surface area (Å²) in [5.74, 6) is 0.237. The Morgan fingerprint density at radius 1 is 1.12 bits per heavy atom. The molecule has 32 heavy (non-hydrogen) atoms. The number of nitrogens with two attached hydrogens (primary N) is 1. The van der Waals surface area contributed by atoms with E-state index < -0.39 is 0 Å². The summed E-state index contributed by atoms with van der Waals surface area (Å²) in [7, 11) is 0. The van der Waals surface area contributed by atoms with E-state index in [1.165, 1.54) is 11.8 Å². The highest BCUT2D eigenvalue weighted by Crippen LogP contribution is 2.24. The molecule has 1 saturated heterocycles. The van der Waals surface area contributed by atoms with E-state index in [9.17, 15) is 9.59 Å². The monoisotopic (exact) mass is 432 g/mol. The fraction of sp³-hybridized carbons (Fsp3) is 0.308. The molecule has 0 saturated carbocycles. The first kappa shape index (κ1) is 23.3. The summed E-state index contributed by atoms with van der Waals surface area (Å²) in [6, 6.07) is 11.8. The van der Waals surface area contributed by atoms with Gasteiger partial charge in [-0.1, -0.05) is 26.0 Å². The van der Waals surface area contributed by atoms with Crippen LogP contribution in [0.2, 0.25) is 0 Å². The number of benzene rings is 2.